The zero-order valence-corrected chi connectivity index (χ0v) is 12.3. The van der Waals surface area contributed by atoms with E-state index in [4.69, 9.17) is 16.7 Å². The highest BCUT2D eigenvalue weighted by Crippen LogP contribution is 2.19. The largest absolute Gasteiger partial charge is 0.477 e. The van der Waals surface area contributed by atoms with Gasteiger partial charge in [-0.2, -0.15) is 0 Å². The summed E-state index contributed by atoms with van der Waals surface area (Å²) in [5.41, 5.74) is 0.252. The minimum absolute atomic E-state index is 0.0663. The van der Waals surface area contributed by atoms with E-state index in [0.29, 0.717) is 10.7 Å². The third-order valence-electron chi connectivity index (χ3n) is 2.81. The molecule has 2 rings (SSSR count). The van der Waals surface area contributed by atoms with E-state index in [-0.39, 0.29) is 17.6 Å². The van der Waals surface area contributed by atoms with Crippen molar-refractivity contribution in [3.63, 3.8) is 0 Å². The zero-order valence-electron chi connectivity index (χ0n) is 11.5. The van der Waals surface area contributed by atoms with Gasteiger partial charge in [-0.05, 0) is 32.0 Å². The predicted octanol–water partition coefficient (Wildman–Crippen LogP) is 3.07. The van der Waals surface area contributed by atoms with E-state index in [1.165, 1.54) is 18.2 Å². The summed E-state index contributed by atoms with van der Waals surface area (Å²) in [6.07, 6.45) is 1.67. The first kappa shape index (κ1) is 15.1. The minimum atomic E-state index is -1.15. The molecule has 0 radical (unpaired) electrons. The first-order valence-corrected chi connectivity index (χ1v) is 6.65. The average molecular weight is 308 g/mol. The molecule has 0 aliphatic carbocycles. The fraction of sp³-hybridized carbons (Fsp3) is 0.214. The predicted molar refractivity (Wildman–Crippen MR) is 79.0 cm³/mol. The lowest BCUT2D eigenvalue weighted by atomic mass is 10.3. The Kier molecular flexibility index (Phi) is 4.28. The summed E-state index contributed by atoms with van der Waals surface area (Å²) in [4.78, 5) is 27.0. The number of rotatable bonds is 4. The molecule has 0 aliphatic heterocycles. The van der Waals surface area contributed by atoms with Crippen molar-refractivity contribution in [2.24, 2.45) is 0 Å². The Morgan fingerprint density at radius 3 is 2.71 bits per heavy atom. The Balaban J connectivity index is 2.26. The molecular weight excluding hydrogens is 294 g/mol. The number of aromatic nitrogens is 2. The molecule has 110 valence electrons. The van der Waals surface area contributed by atoms with Gasteiger partial charge < -0.3 is 15.0 Å². The summed E-state index contributed by atoms with van der Waals surface area (Å²) in [5, 5.41) is 11.9. The third kappa shape index (κ3) is 3.41. The second kappa shape index (κ2) is 5.97. The topological polar surface area (TPSA) is 84.2 Å². The van der Waals surface area contributed by atoms with E-state index < -0.39 is 11.9 Å². The van der Waals surface area contributed by atoms with Crippen LogP contribution in [0.15, 0.2) is 30.5 Å². The molecule has 0 unspecified atom stereocenters. The van der Waals surface area contributed by atoms with Crippen molar-refractivity contribution >= 4 is 29.3 Å². The zero-order chi connectivity index (χ0) is 15.6. The maximum absolute atomic E-state index is 12.3. The van der Waals surface area contributed by atoms with E-state index in [0.717, 1.165) is 0 Å². The summed E-state index contributed by atoms with van der Waals surface area (Å²) < 4.78 is 1.73. The van der Waals surface area contributed by atoms with Crippen LogP contribution in [-0.4, -0.2) is 26.5 Å². The number of aromatic carboxylic acids is 1. The Hall–Kier alpha value is -2.34. The molecule has 2 aromatic heterocycles. The van der Waals surface area contributed by atoms with Crippen molar-refractivity contribution in [2.75, 3.05) is 5.32 Å². The molecule has 7 heteroatoms. The first-order chi connectivity index (χ1) is 9.88. The van der Waals surface area contributed by atoms with E-state index in [1.54, 1.807) is 16.8 Å². The Morgan fingerprint density at radius 1 is 1.38 bits per heavy atom. The first-order valence-electron chi connectivity index (χ1n) is 6.27. The molecule has 0 fully saturated rings. The fourth-order valence-electron chi connectivity index (χ4n) is 1.86. The van der Waals surface area contributed by atoms with Gasteiger partial charge in [0.25, 0.3) is 5.91 Å². The van der Waals surface area contributed by atoms with Crippen LogP contribution in [0.25, 0.3) is 0 Å². The van der Waals surface area contributed by atoms with Crippen LogP contribution < -0.4 is 5.32 Å². The van der Waals surface area contributed by atoms with Crippen molar-refractivity contribution in [1.29, 1.82) is 0 Å². The number of nitrogens with zero attached hydrogens (tertiary/aromatic N) is 2. The molecule has 0 saturated heterocycles. The molecule has 0 bridgehead atoms. The van der Waals surface area contributed by atoms with Gasteiger partial charge in [0.2, 0.25) is 0 Å². The lowest BCUT2D eigenvalue weighted by Gasteiger charge is -2.12. The monoisotopic (exact) mass is 307 g/mol. The molecule has 21 heavy (non-hydrogen) atoms. The highest BCUT2D eigenvalue weighted by Gasteiger charge is 2.16. The molecule has 0 spiro atoms. The van der Waals surface area contributed by atoms with Gasteiger partial charge >= 0.3 is 5.97 Å². The van der Waals surface area contributed by atoms with Crippen molar-refractivity contribution in [3.8, 4) is 0 Å². The van der Waals surface area contributed by atoms with Crippen LogP contribution in [0.1, 0.15) is 40.9 Å². The van der Waals surface area contributed by atoms with Gasteiger partial charge in [0, 0.05) is 12.2 Å². The lowest BCUT2D eigenvalue weighted by Crippen LogP contribution is -2.18. The molecular formula is C14H14ClN3O3. The molecule has 0 atom stereocenters. The number of carboxylic acids is 1. The van der Waals surface area contributed by atoms with E-state index in [1.807, 2.05) is 13.8 Å². The highest BCUT2D eigenvalue weighted by molar-refractivity contribution is 6.31. The van der Waals surface area contributed by atoms with Crippen LogP contribution in [0.2, 0.25) is 5.02 Å². The van der Waals surface area contributed by atoms with Crippen molar-refractivity contribution in [1.82, 2.24) is 9.55 Å². The van der Waals surface area contributed by atoms with Crippen LogP contribution in [0.3, 0.4) is 0 Å². The van der Waals surface area contributed by atoms with Crippen LogP contribution in [0, 0.1) is 0 Å². The summed E-state index contributed by atoms with van der Waals surface area (Å²) in [6, 6.07) is 6.01. The second-order valence-corrected chi connectivity index (χ2v) is 5.15. The molecule has 2 aromatic rings. The highest BCUT2D eigenvalue weighted by atomic mass is 35.5. The lowest BCUT2D eigenvalue weighted by molar-refractivity contribution is 0.0690. The standard InChI is InChI=1S/C14H14ClN3O3/c1-8(2)18-7-9(15)6-11(18)13(19)17-12-5-3-4-10(16-12)14(20)21/h3-8H,1-2H3,(H,20,21)(H,16,17,19). The number of nitrogens with one attached hydrogen (secondary N) is 1. The molecule has 2 heterocycles. The van der Waals surface area contributed by atoms with Gasteiger partial charge in [0.15, 0.2) is 5.69 Å². The van der Waals surface area contributed by atoms with E-state index in [9.17, 15) is 9.59 Å². The maximum atomic E-state index is 12.3. The number of carboxylic acid groups (broad SMARTS) is 1. The normalized spacial score (nSPS) is 10.7. The second-order valence-electron chi connectivity index (χ2n) is 4.71. The fourth-order valence-corrected chi connectivity index (χ4v) is 2.07. The van der Waals surface area contributed by atoms with Crippen molar-refractivity contribution in [3.05, 3.63) is 46.9 Å². The maximum Gasteiger partial charge on any atom is 0.354 e. The minimum Gasteiger partial charge on any atom is -0.477 e. The number of hydrogen-bond acceptors (Lipinski definition) is 3. The average Bonchev–Trinajstić information content (AvgIpc) is 2.81. The Morgan fingerprint density at radius 2 is 2.10 bits per heavy atom. The summed E-state index contributed by atoms with van der Waals surface area (Å²) in [6.45, 7) is 3.85. The van der Waals surface area contributed by atoms with E-state index >= 15 is 0 Å². The van der Waals surface area contributed by atoms with Gasteiger partial charge in [0.05, 0.1) is 5.02 Å². The molecule has 6 nitrogen and oxygen atoms in total. The van der Waals surface area contributed by atoms with Crippen molar-refractivity contribution in [2.45, 2.75) is 19.9 Å². The smallest absolute Gasteiger partial charge is 0.354 e. The number of pyridine rings is 1. The Labute approximate surface area is 126 Å². The third-order valence-corrected chi connectivity index (χ3v) is 3.02. The molecule has 0 aliphatic rings. The van der Waals surface area contributed by atoms with Gasteiger partial charge in [-0.15, -0.1) is 0 Å². The summed E-state index contributed by atoms with van der Waals surface area (Å²) >= 11 is 5.93. The number of halogens is 1. The SMILES string of the molecule is CC(C)n1cc(Cl)cc1C(=O)Nc1cccc(C(=O)O)n1. The summed E-state index contributed by atoms with van der Waals surface area (Å²) in [5.74, 6) is -1.38. The summed E-state index contributed by atoms with van der Waals surface area (Å²) in [7, 11) is 0. The number of hydrogen-bond donors (Lipinski definition) is 2. The number of carbonyl (C=O) groups excluding carboxylic acids is 1. The number of anilines is 1. The quantitative estimate of drug-likeness (QED) is 0.909. The van der Waals surface area contributed by atoms with Crippen LogP contribution in [0.5, 0.6) is 0 Å². The van der Waals surface area contributed by atoms with Gasteiger partial charge in [-0.1, -0.05) is 17.7 Å². The molecule has 2 N–H and O–H groups in total. The van der Waals surface area contributed by atoms with Crippen LogP contribution in [0.4, 0.5) is 5.82 Å². The number of carbonyl (C=O) groups is 2. The van der Waals surface area contributed by atoms with Crippen LogP contribution >= 0.6 is 11.6 Å². The number of amides is 1. The Bertz CT molecular complexity index is 695. The van der Waals surface area contributed by atoms with Gasteiger partial charge in [0.1, 0.15) is 11.5 Å². The molecule has 0 saturated carbocycles. The molecule has 0 aromatic carbocycles. The van der Waals surface area contributed by atoms with E-state index in [2.05, 4.69) is 10.3 Å². The van der Waals surface area contributed by atoms with Gasteiger partial charge in [-0.25, -0.2) is 9.78 Å². The van der Waals surface area contributed by atoms with Crippen LogP contribution in [-0.2, 0) is 0 Å². The molecule has 1 amide bonds. The van der Waals surface area contributed by atoms with Gasteiger partial charge in [-0.3, -0.25) is 4.79 Å². The van der Waals surface area contributed by atoms with Crippen molar-refractivity contribution < 1.29 is 14.7 Å².